The van der Waals surface area contributed by atoms with Gasteiger partial charge in [0.2, 0.25) is 5.91 Å². The summed E-state index contributed by atoms with van der Waals surface area (Å²) in [6.07, 6.45) is 0.228. The smallest absolute Gasteiger partial charge is 0.406 e. The molecule has 6 nitrogen and oxygen atoms in total. The minimum Gasteiger partial charge on any atom is -0.453 e. The number of benzene rings is 2. The Kier molecular flexibility index (Phi) is 8.28. The van der Waals surface area contributed by atoms with Crippen LogP contribution in [0.4, 0.5) is 9.93 Å². The molecule has 0 radical (unpaired) electrons. The second kappa shape index (κ2) is 11.1. The molecule has 0 saturated carbocycles. The number of thiazole rings is 1. The first-order chi connectivity index (χ1) is 15.0. The Morgan fingerprint density at radius 2 is 1.94 bits per heavy atom. The van der Waals surface area contributed by atoms with E-state index in [4.69, 9.17) is 23.2 Å². The first-order valence-corrected chi connectivity index (χ1v) is 11.2. The van der Waals surface area contributed by atoms with Crippen molar-refractivity contribution in [2.45, 2.75) is 19.4 Å². The molecule has 0 aliphatic carbocycles. The van der Waals surface area contributed by atoms with Gasteiger partial charge in [-0.15, -0.1) is 11.3 Å². The zero-order chi connectivity index (χ0) is 22.2. The van der Waals surface area contributed by atoms with Crippen LogP contribution in [0.5, 0.6) is 0 Å². The van der Waals surface area contributed by atoms with Crippen LogP contribution < -0.4 is 10.2 Å². The number of ether oxygens (including phenoxy) is 1. The number of rotatable bonds is 8. The average Bonchev–Trinajstić information content (AvgIpc) is 3.25. The maximum Gasteiger partial charge on any atom is 0.406 e. The number of aromatic nitrogens is 1. The van der Waals surface area contributed by atoms with E-state index in [-0.39, 0.29) is 12.3 Å². The molecule has 31 heavy (non-hydrogen) atoms. The molecule has 2 aromatic carbocycles. The molecule has 0 aliphatic heterocycles. The molecule has 1 aromatic heterocycles. The maximum absolute atomic E-state index is 13.0. The van der Waals surface area contributed by atoms with Gasteiger partial charge in [0.25, 0.3) is 0 Å². The van der Waals surface area contributed by atoms with Crippen LogP contribution in [0.25, 0.3) is 11.3 Å². The van der Waals surface area contributed by atoms with E-state index >= 15 is 0 Å². The van der Waals surface area contributed by atoms with Crippen molar-refractivity contribution >= 4 is 51.7 Å². The van der Waals surface area contributed by atoms with E-state index in [2.05, 4.69) is 15.0 Å². The van der Waals surface area contributed by atoms with Gasteiger partial charge in [-0.1, -0.05) is 53.5 Å². The van der Waals surface area contributed by atoms with Crippen molar-refractivity contribution in [3.63, 3.8) is 0 Å². The van der Waals surface area contributed by atoms with Gasteiger partial charge < -0.3 is 10.1 Å². The predicted molar refractivity (Wildman–Crippen MR) is 125 cm³/mol. The molecule has 0 fully saturated rings. The monoisotopic (exact) mass is 477 g/mol. The van der Waals surface area contributed by atoms with Crippen LogP contribution in [0.2, 0.25) is 10.0 Å². The number of nitrogens with one attached hydrogen (secondary N) is 1. The Balaban J connectivity index is 1.78. The van der Waals surface area contributed by atoms with Gasteiger partial charge in [0, 0.05) is 28.9 Å². The summed E-state index contributed by atoms with van der Waals surface area (Å²) in [5.74, 6) is -0.0846. The second-order valence-corrected chi connectivity index (χ2v) is 8.31. The third-order valence-corrected chi connectivity index (χ3v) is 5.85. The van der Waals surface area contributed by atoms with E-state index in [1.54, 1.807) is 17.0 Å². The minimum atomic E-state index is -0.516. The largest absolute Gasteiger partial charge is 0.453 e. The van der Waals surface area contributed by atoms with Gasteiger partial charge >= 0.3 is 6.09 Å². The second-order valence-electron chi connectivity index (χ2n) is 6.63. The van der Waals surface area contributed by atoms with E-state index in [0.717, 1.165) is 11.1 Å². The number of alkyl carbamates (subject to hydrolysis) is 1. The lowest BCUT2D eigenvalue weighted by molar-refractivity contribution is -0.118. The van der Waals surface area contributed by atoms with Crippen molar-refractivity contribution < 1.29 is 14.3 Å². The fourth-order valence-electron chi connectivity index (χ4n) is 2.87. The topological polar surface area (TPSA) is 71.5 Å². The lowest BCUT2D eigenvalue weighted by Gasteiger charge is -2.20. The number of halogens is 2. The summed E-state index contributed by atoms with van der Waals surface area (Å²) in [5.41, 5.74) is 2.42. The van der Waals surface area contributed by atoms with Crippen LogP contribution >= 0.6 is 34.5 Å². The summed E-state index contributed by atoms with van der Waals surface area (Å²) in [4.78, 5) is 30.5. The molecule has 0 saturated heterocycles. The van der Waals surface area contributed by atoms with E-state index < -0.39 is 6.09 Å². The van der Waals surface area contributed by atoms with E-state index in [0.29, 0.717) is 40.4 Å². The quantitative estimate of drug-likeness (QED) is 0.417. The highest BCUT2D eigenvalue weighted by Crippen LogP contribution is 2.34. The first-order valence-electron chi connectivity index (χ1n) is 9.55. The van der Waals surface area contributed by atoms with E-state index in [1.807, 2.05) is 41.8 Å². The Hall–Kier alpha value is -2.61. The lowest BCUT2D eigenvalue weighted by Crippen LogP contribution is -2.31. The third-order valence-electron chi connectivity index (χ3n) is 4.44. The predicted octanol–water partition coefficient (Wildman–Crippen LogP) is 5.79. The molecule has 0 spiro atoms. The Morgan fingerprint density at radius 3 is 2.65 bits per heavy atom. The van der Waals surface area contributed by atoms with E-state index in [9.17, 15) is 9.59 Å². The normalized spacial score (nSPS) is 10.5. The molecule has 162 valence electrons. The molecule has 0 unspecified atom stereocenters. The fourth-order valence-corrected chi connectivity index (χ4v) is 4.22. The number of carbonyl (C=O) groups is 2. The van der Waals surface area contributed by atoms with Crippen molar-refractivity contribution in [1.29, 1.82) is 0 Å². The Bertz CT molecular complexity index is 1040. The van der Waals surface area contributed by atoms with Crippen molar-refractivity contribution in [1.82, 2.24) is 10.3 Å². The molecule has 0 atom stereocenters. The number of hydrogen-bond donors (Lipinski definition) is 1. The molecular formula is C22H21Cl2N3O3S. The van der Waals surface area contributed by atoms with Crippen LogP contribution in [0.1, 0.15) is 18.4 Å². The number of carbonyl (C=O) groups excluding carboxylic acids is 2. The first kappa shape index (κ1) is 23.1. The highest BCUT2D eigenvalue weighted by molar-refractivity contribution is 7.14. The van der Waals surface area contributed by atoms with Gasteiger partial charge in [-0.05, 0) is 30.2 Å². The van der Waals surface area contributed by atoms with Gasteiger partial charge in [0.05, 0.1) is 24.4 Å². The average molecular weight is 478 g/mol. The standard InChI is InChI=1S/C22H21Cl2N3O3S/c1-30-22(29)25-11-5-8-20(28)27(13-15-6-3-2-4-7-15)21-26-19(14-31-21)17-10-9-16(23)12-18(17)24/h2-4,6-7,9-10,12,14H,5,8,11,13H2,1H3,(H,25,29). The highest BCUT2D eigenvalue weighted by Gasteiger charge is 2.20. The zero-order valence-corrected chi connectivity index (χ0v) is 19.1. The van der Waals surface area contributed by atoms with Crippen LogP contribution in [-0.4, -0.2) is 30.6 Å². The minimum absolute atomic E-state index is 0.0846. The molecule has 1 heterocycles. The summed E-state index contributed by atoms with van der Waals surface area (Å²) in [5, 5.41) is 6.08. The van der Waals surface area contributed by atoms with Crippen molar-refractivity contribution in [2.75, 3.05) is 18.6 Å². The van der Waals surface area contributed by atoms with Crippen molar-refractivity contribution in [2.24, 2.45) is 0 Å². The lowest BCUT2D eigenvalue weighted by atomic mass is 10.2. The summed E-state index contributed by atoms with van der Waals surface area (Å²) in [6, 6.07) is 14.9. The molecule has 9 heteroatoms. The molecule has 2 amide bonds. The number of nitrogens with zero attached hydrogens (tertiary/aromatic N) is 2. The van der Waals surface area contributed by atoms with Gasteiger partial charge in [-0.25, -0.2) is 9.78 Å². The van der Waals surface area contributed by atoms with Crippen LogP contribution in [0.3, 0.4) is 0 Å². The van der Waals surface area contributed by atoms with Crippen LogP contribution in [0, 0.1) is 0 Å². The summed E-state index contributed by atoms with van der Waals surface area (Å²) < 4.78 is 4.54. The summed E-state index contributed by atoms with van der Waals surface area (Å²) in [6.45, 7) is 0.743. The summed E-state index contributed by atoms with van der Waals surface area (Å²) in [7, 11) is 1.30. The van der Waals surface area contributed by atoms with Crippen LogP contribution in [-0.2, 0) is 16.1 Å². The molecule has 0 bridgehead atoms. The van der Waals surface area contributed by atoms with Crippen molar-refractivity contribution in [3.05, 3.63) is 69.5 Å². The zero-order valence-electron chi connectivity index (χ0n) is 16.8. The molecule has 0 aliphatic rings. The fraction of sp³-hybridized carbons (Fsp3) is 0.227. The number of methoxy groups -OCH3 is 1. The molecule has 3 rings (SSSR count). The Labute approximate surface area is 194 Å². The SMILES string of the molecule is COC(=O)NCCCC(=O)N(Cc1ccccc1)c1nc(-c2ccc(Cl)cc2Cl)cs1. The van der Waals surface area contributed by atoms with E-state index in [1.165, 1.54) is 18.4 Å². The van der Waals surface area contributed by atoms with Gasteiger partial charge in [-0.2, -0.15) is 0 Å². The molecule has 1 N–H and O–H groups in total. The molecule has 3 aromatic rings. The molecular weight excluding hydrogens is 457 g/mol. The van der Waals surface area contributed by atoms with Crippen LogP contribution in [0.15, 0.2) is 53.9 Å². The van der Waals surface area contributed by atoms with Gasteiger partial charge in [-0.3, -0.25) is 9.69 Å². The third kappa shape index (κ3) is 6.43. The Morgan fingerprint density at radius 1 is 1.16 bits per heavy atom. The van der Waals surface area contributed by atoms with Crippen molar-refractivity contribution in [3.8, 4) is 11.3 Å². The van der Waals surface area contributed by atoms with Gasteiger partial charge in [0.15, 0.2) is 5.13 Å². The highest BCUT2D eigenvalue weighted by atomic mass is 35.5. The number of anilines is 1. The number of amides is 2. The number of hydrogen-bond acceptors (Lipinski definition) is 5. The maximum atomic E-state index is 13.0. The summed E-state index contributed by atoms with van der Waals surface area (Å²) >= 11 is 13.7. The van der Waals surface area contributed by atoms with Gasteiger partial charge in [0.1, 0.15) is 0 Å².